The molecule has 1 heterocycles. The molecule has 0 fully saturated rings. The number of amides is 2. The molecular weight excluding hydrogens is 332 g/mol. The van der Waals surface area contributed by atoms with Crippen molar-refractivity contribution >= 4 is 39.3 Å². The lowest BCUT2D eigenvalue weighted by Gasteiger charge is -2.27. The maximum atomic E-state index is 11.7. The second-order valence-corrected chi connectivity index (χ2v) is 7.11. The molecule has 0 aliphatic heterocycles. The van der Waals surface area contributed by atoms with Crippen LogP contribution in [-0.4, -0.2) is 23.1 Å². The number of hydrogen-bond donors (Lipinski definition) is 3. The molecule has 0 saturated heterocycles. The molecule has 106 valence electrons. The fourth-order valence-electron chi connectivity index (χ4n) is 1.44. The van der Waals surface area contributed by atoms with Gasteiger partial charge in [-0.15, -0.1) is 11.3 Å². The van der Waals surface area contributed by atoms with E-state index in [1.54, 1.807) is 20.8 Å². The molecular formula is C12H17BrN2O3S. The number of halogens is 1. The highest BCUT2D eigenvalue weighted by atomic mass is 79.9. The minimum atomic E-state index is -1.04. The molecule has 0 spiro atoms. The first kappa shape index (κ1) is 16.0. The van der Waals surface area contributed by atoms with E-state index in [0.717, 1.165) is 9.35 Å². The van der Waals surface area contributed by atoms with Crippen LogP contribution >= 0.6 is 27.3 Å². The SMILES string of the molecule is CC(C)(C)[C@H](NC(=O)NCc1cc(Br)cs1)C(=O)O. The summed E-state index contributed by atoms with van der Waals surface area (Å²) in [6, 6.07) is 0.498. The van der Waals surface area contributed by atoms with E-state index in [2.05, 4.69) is 26.6 Å². The van der Waals surface area contributed by atoms with Gasteiger partial charge in [0.05, 0.1) is 6.54 Å². The zero-order valence-electron chi connectivity index (χ0n) is 11.0. The van der Waals surface area contributed by atoms with Crippen molar-refractivity contribution < 1.29 is 14.7 Å². The van der Waals surface area contributed by atoms with Gasteiger partial charge >= 0.3 is 12.0 Å². The van der Waals surface area contributed by atoms with Crippen LogP contribution in [0.25, 0.3) is 0 Å². The van der Waals surface area contributed by atoms with Crippen molar-refractivity contribution in [2.75, 3.05) is 0 Å². The Bertz CT molecular complexity index is 468. The third kappa shape index (κ3) is 5.20. The Balaban J connectivity index is 2.52. The van der Waals surface area contributed by atoms with Gasteiger partial charge in [-0.1, -0.05) is 20.8 Å². The number of carbonyl (C=O) groups excluding carboxylic acids is 1. The summed E-state index contributed by atoms with van der Waals surface area (Å²) in [6.07, 6.45) is 0. The first-order valence-electron chi connectivity index (χ1n) is 5.70. The summed E-state index contributed by atoms with van der Waals surface area (Å²) in [5.74, 6) is -1.04. The molecule has 0 aliphatic rings. The largest absolute Gasteiger partial charge is 0.480 e. The Morgan fingerprint density at radius 2 is 2.11 bits per heavy atom. The van der Waals surface area contributed by atoms with Crippen LogP contribution in [0.3, 0.4) is 0 Å². The normalized spacial score (nSPS) is 12.8. The van der Waals surface area contributed by atoms with Crippen LogP contribution in [0.5, 0.6) is 0 Å². The number of carboxylic acid groups (broad SMARTS) is 1. The van der Waals surface area contributed by atoms with Crippen LogP contribution in [-0.2, 0) is 11.3 Å². The summed E-state index contributed by atoms with van der Waals surface area (Å²) in [4.78, 5) is 23.8. The quantitative estimate of drug-likeness (QED) is 0.782. The minimum Gasteiger partial charge on any atom is -0.480 e. The van der Waals surface area contributed by atoms with Gasteiger partial charge in [0.1, 0.15) is 6.04 Å². The van der Waals surface area contributed by atoms with Crippen molar-refractivity contribution in [2.45, 2.75) is 33.4 Å². The number of carbonyl (C=O) groups is 2. The molecule has 3 N–H and O–H groups in total. The lowest BCUT2D eigenvalue weighted by molar-refractivity contribution is -0.141. The average molecular weight is 349 g/mol. The zero-order chi connectivity index (χ0) is 14.6. The van der Waals surface area contributed by atoms with Gasteiger partial charge in [0.25, 0.3) is 0 Å². The smallest absolute Gasteiger partial charge is 0.326 e. The number of rotatable bonds is 4. The standard InChI is InChI=1S/C12H17BrN2O3S/c1-12(2,3)9(10(16)17)15-11(18)14-5-8-4-7(13)6-19-8/h4,6,9H,5H2,1-3H3,(H,16,17)(H2,14,15,18)/t9-/m1/s1. The molecule has 5 nitrogen and oxygen atoms in total. The molecule has 1 aromatic rings. The van der Waals surface area contributed by atoms with Crippen molar-refractivity contribution in [3.8, 4) is 0 Å². The Kier molecular flexibility index (Phi) is 5.37. The lowest BCUT2D eigenvalue weighted by atomic mass is 9.87. The fourth-order valence-corrected chi connectivity index (χ4v) is 2.84. The van der Waals surface area contributed by atoms with Gasteiger partial charge in [0.2, 0.25) is 0 Å². The van der Waals surface area contributed by atoms with E-state index in [4.69, 9.17) is 5.11 Å². The van der Waals surface area contributed by atoms with Crippen LogP contribution in [0.1, 0.15) is 25.6 Å². The Hall–Kier alpha value is -1.08. The van der Waals surface area contributed by atoms with Crippen molar-refractivity contribution in [3.05, 3.63) is 20.8 Å². The van der Waals surface area contributed by atoms with Crippen LogP contribution < -0.4 is 10.6 Å². The molecule has 0 aromatic carbocycles. The monoisotopic (exact) mass is 348 g/mol. The molecule has 2 amide bonds. The van der Waals surface area contributed by atoms with E-state index in [9.17, 15) is 9.59 Å². The maximum Gasteiger partial charge on any atom is 0.326 e. The van der Waals surface area contributed by atoms with Gasteiger partial charge in [-0.25, -0.2) is 9.59 Å². The zero-order valence-corrected chi connectivity index (χ0v) is 13.4. The molecule has 1 atom stereocenters. The van der Waals surface area contributed by atoms with Gasteiger partial charge in [-0.3, -0.25) is 0 Å². The Labute approximate surface area is 124 Å². The van der Waals surface area contributed by atoms with Crippen LogP contribution in [0.4, 0.5) is 4.79 Å². The lowest BCUT2D eigenvalue weighted by Crippen LogP contribution is -2.52. The highest BCUT2D eigenvalue weighted by molar-refractivity contribution is 9.10. The average Bonchev–Trinajstić information content (AvgIpc) is 2.67. The van der Waals surface area contributed by atoms with E-state index in [1.165, 1.54) is 11.3 Å². The summed E-state index contributed by atoms with van der Waals surface area (Å²) in [7, 11) is 0. The van der Waals surface area contributed by atoms with E-state index in [0.29, 0.717) is 6.54 Å². The van der Waals surface area contributed by atoms with E-state index in [-0.39, 0.29) is 0 Å². The second kappa shape index (κ2) is 6.38. The predicted octanol–water partition coefficient (Wildman–Crippen LogP) is 2.81. The highest BCUT2D eigenvalue weighted by Crippen LogP contribution is 2.20. The molecule has 19 heavy (non-hydrogen) atoms. The number of thiophene rings is 1. The second-order valence-electron chi connectivity index (χ2n) is 5.20. The van der Waals surface area contributed by atoms with Crippen molar-refractivity contribution in [1.29, 1.82) is 0 Å². The molecule has 0 saturated carbocycles. The Morgan fingerprint density at radius 1 is 1.47 bits per heavy atom. The predicted molar refractivity (Wildman–Crippen MR) is 78.3 cm³/mol. The maximum absolute atomic E-state index is 11.7. The van der Waals surface area contributed by atoms with Gasteiger partial charge in [-0.2, -0.15) is 0 Å². The minimum absolute atomic E-state index is 0.374. The third-order valence-corrected chi connectivity index (χ3v) is 4.13. The van der Waals surface area contributed by atoms with Crippen molar-refractivity contribution in [2.24, 2.45) is 5.41 Å². The summed E-state index contributed by atoms with van der Waals surface area (Å²) in [6.45, 7) is 5.67. The molecule has 1 aromatic heterocycles. The summed E-state index contributed by atoms with van der Waals surface area (Å²) < 4.78 is 0.966. The topological polar surface area (TPSA) is 78.4 Å². The molecule has 1 rings (SSSR count). The number of urea groups is 1. The highest BCUT2D eigenvalue weighted by Gasteiger charge is 2.32. The molecule has 0 aliphatic carbocycles. The van der Waals surface area contributed by atoms with Gasteiger partial charge in [-0.05, 0) is 27.4 Å². The first-order valence-corrected chi connectivity index (χ1v) is 7.37. The third-order valence-electron chi connectivity index (χ3n) is 2.43. The number of nitrogens with one attached hydrogen (secondary N) is 2. The first-order chi connectivity index (χ1) is 8.70. The fraction of sp³-hybridized carbons (Fsp3) is 0.500. The summed E-state index contributed by atoms with van der Waals surface area (Å²) in [5, 5.41) is 16.1. The van der Waals surface area contributed by atoms with E-state index >= 15 is 0 Å². The van der Waals surface area contributed by atoms with Gasteiger partial charge < -0.3 is 15.7 Å². The summed E-state index contributed by atoms with van der Waals surface area (Å²) >= 11 is 4.85. The van der Waals surface area contributed by atoms with Crippen LogP contribution in [0.15, 0.2) is 15.9 Å². The van der Waals surface area contributed by atoms with Crippen LogP contribution in [0, 0.1) is 5.41 Å². The van der Waals surface area contributed by atoms with Gasteiger partial charge in [0, 0.05) is 14.7 Å². The van der Waals surface area contributed by atoms with E-state index < -0.39 is 23.5 Å². The van der Waals surface area contributed by atoms with Crippen molar-refractivity contribution in [3.63, 3.8) is 0 Å². The number of carboxylic acids is 1. The molecule has 7 heteroatoms. The number of aliphatic carboxylic acids is 1. The molecule has 0 bridgehead atoms. The summed E-state index contributed by atoms with van der Waals surface area (Å²) in [5.41, 5.74) is -0.546. The van der Waals surface area contributed by atoms with Crippen molar-refractivity contribution in [1.82, 2.24) is 10.6 Å². The van der Waals surface area contributed by atoms with E-state index in [1.807, 2.05) is 11.4 Å². The van der Waals surface area contributed by atoms with Crippen LogP contribution in [0.2, 0.25) is 0 Å². The Morgan fingerprint density at radius 3 is 2.53 bits per heavy atom. The number of hydrogen-bond acceptors (Lipinski definition) is 3. The van der Waals surface area contributed by atoms with Gasteiger partial charge in [0.15, 0.2) is 0 Å². The molecule has 0 unspecified atom stereocenters. The molecule has 0 radical (unpaired) electrons.